The Morgan fingerprint density at radius 1 is 1.50 bits per heavy atom. The summed E-state index contributed by atoms with van der Waals surface area (Å²) < 4.78 is 1.99. The van der Waals surface area contributed by atoms with Crippen LogP contribution in [0.1, 0.15) is 5.56 Å². The third-order valence-electron chi connectivity index (χ3n) is 2.30. The van der Waals surface area contributed by atoms with E-state index in [1.54, 1.807) is 0 Å². The first-order valence-corrected chi connectivity index (χ1v) is 4.54. The monoisotopic (exact) mass is 185 g/mol. The maximum absolute atomic E-state index is 6.72. The number of aryl methyl sites for hydroxylation is 1. The molecule has 14 heavy (non-hydrogen) atoms. The number of benzene rings is 1. The zero-order chi connectivity index (χ0) is 9.97. The second kappa shape index (κ2) is 3.51. The Labute approximate surface area is 82.8 Å². The molecule has 0 aliphatic carbocycles. The van der Waals surface area contributed by atoms with Gasteiger partial charge in [-0.15, -0.1) is 0 Å². The molecule has 1 aromatic carbocycles. The molecular formula is C11H11N3. The van der Waals surface area contributed by atoms with Gasteiger partial charge in [0.15, 0.2) is 0 Å². The summed E-state index contributed by atoms with van der Waals surface area (Å²) in [6.07, 6.45) is 2.62. The van der Waals surface area contributed by atoms with E-state index < -0.39 is 0 Å². The van der Waals surface area contributed by atoms with Crippen LogP contribution in [-0.2, 0) is 13.5 Å². The molecule has 0 aliphatic heterocycles. The fourth-order valence-corrected chi connectivity index (χ4v) is 1.52. The van der Waals surface area contributed by atoms with Crippen molar-refractivity contribution >= 4 is 11.0 Å². The SMILES string of the molecule is [C-]#[N+]CCc1ccc2c(c1)ncn2C. The molecule has 0 saturated heterocycles. The van der Waals surface area contributed by atoms with Crippen LogP contribution in [0, 0.1) is 6.57 Å². The normalized spacial score (nSPS) is 10.3. The molecule has 0 unspecified atom stereocenters. The van der Waals surface area contributed by atoms with Crippen LogP contribution in [0.5, 0.6) is 0 Å². The first-order chi connectivity index (χ1) is 6.81. The number of nitrogens with zero attached hydrogens (tertiary/aromatic N) is 3. The lowest BCUT2D eigenvalue weighted by molar-refractivity contribution is 0.947. The van der Waals surface area contributed by atoms with Crippen molar-refractivity contribution in [2.24, 2.45) is 7.05 Å². The van der Waals surface area contributed by atoms with E-state index in [1.165, 1.54) is 5.56 Å². The highest BCUT2D eigenvalue weighted by Gasteiger charge is 2.01. The Kier molecular flexibility index (Phi) is 2.19. The topological polar surface area (TPSA) is 22.2 Å². The van der Waals surface area contributed by atoms with Gasteiger partial charge in [-0.1, -0.05) is 6.07 Å². The summed E-state index contributed by atoms with van der Waals surface area (Å²) in [7, 11) is 1.98. The molecular weight excluding hydrogens is 174 g/mol. The van der Waals surface area contributed by atoms with Crippen LogP contribution in [0.25, 0.3) is 15.9 Å². The Hall–Kier alpha value is -1.82. The van der Waals surface area contributed by atoms with Gasteiger partial charge in [-0.2, -0.15) is 0 Å². The molecule has 0 atom stereocenters. The van der Waals surface area contributed by atoms with Crippen LogP contribution in [0.2, 0.25) is 0 Å². The maximum Gasteiger partial charge on any atom is 0.218 e. The van der Waals surface area contributed by atoms with Gasteiger partial charge in [0.25, 0.3) is 0 Å². The van der Waals surface area contributed by atoms with Crippen molar-refractivity contribution in [1.82, 2.24) is 9.55 Å². The summed E-state index contributed by atoms with van der Waals surface area (Å²) in [6.45, 7) is 7.28. The Morgan fingerprint density at radius 2 is 2.36 bits per heavy atom. The molecule has 1 heterocycles. The highest BCUT2D eigenvalue weighted by Crippen LogP contribution is 2.14. The van der Waals surface area contributed by atoms with E-state index in [-0.39, 0.29) is 0 Å². The Bertz CT molecular complexity index is 491. The van der Waals surface area contributed by atoms with Crippen LogP contribution in [0.3, 0.4) is 0 Å². The molecule has 0 fully saturated rings. The zero-order valence-electron chi connectivity index (χ0n) is 8.07. The second-order valence-corrected chi connectivity index (χ2v) is 3.31. The molecule has 3 heteroatoms. The lowest BCUT2D eigenvalue weighted by atomic mass is 10.1. The highest BCUT2D eigenvalue weighted by molar-refractivity contribution is 5.75. The van der Waals surface area contributed by atoms with Crippen LogP contribution in [0.4, 0.5) is 0 Å². The summed E-state index contributed by atoms with van der Waals surface area (Å²) in [4.78, 5) is 7.61. The molecule has 0 N–H and O–H groups in total. The van der Waals surface area contributed by atoms with E-state index in [9.17, 15) is 0 Å². The molecule has 0 saturated carbocycles. The van der Waals surface area contributed by atoms with Crippen molar-refractivity contribution in [3.63, 3.8) is 0 Å². The van der Waals surface area contributed by atoms with Crippen LogP contribution >= 0.6 is 0 Å². The number of hydrogen-bond acceptors (Lipinski definition) is 1. The summed E-state index contributed by atoms with van der Waals surface area (Å²) >= 11 is 0. The van der Waals surface area contributed by atoms with Gasteiger partial charge in [-0.05, 0) is 17.7 Å². The Morgan fingerprint density at radius 3 is 3.14 bits per heavy atom. The summed E-state index contributed by atoms with van der Waals surface area (Å²) in [5.74, 6) is 0. The van der Waals surface area contributed by atoms with Crippen LogP contribution in [0.15, 0.2) is 24.5 Å². The van der Waals surface area contributed by atoms with Gasteiger partial charge >= 0.3 is 0 Å². The largest absolute Gasteiger partial charge is 0.334 e. The van der Waals surface area contributed by atoms with E-state index in [0.717, 1.165) is 17.5 Å². The summed E-state index contributed by atoms with van der Waals surface area (Å²) in [6, 6.07) is 6.18. The van der Waals surface area contributed by atoms with Crippen molar-refractivity contribution < 1.29 is 0 Å². The van der Waals surface area contributed by atoms with E-state index in [4.69, 9.17) is 6.57 Å². The molecule has 0 radical (unpaired) electrons. The van der Waals surface area contributed by atoms with Gasteiger partial charge in [0.1, 0.15) is 0 Å². The van der Waals surface area contributed by atoms with E-state index in [0.29, 0.717) is 6.54 Å². The van der Waals surface area contributed by atoms with Gasteiger partial charge in [-0.25, -0.2) is 11.6 Å². The average molecular weight is 185 g/mol. The van der Waals surface area contributed by atoms with Crippen molar-refractivity contribution in [2.45, 2.75) is 6.42 Å². The number of fused-ring (bicyclic) bond motifs is 1. The van der Waals surface area contributed by atoms with E-state index in [1.807, 2.05) is 17.9 Å². The van der Waals surface area contributed by atoms with E-state index >= 15 is 0 Å². The molecule has 0 bridgehead atoms. The second-order valence-electron chi connectivity index (χ2n) is 3.31. The van der Waals surface area contributed by atoms with Gasteiger partial charge < -0.3 is 9.41 Å². The lowest BCUT2D eigenvalue weighted by Crippen LogP contribution is -1.88. The molecule has 0 spiro atoms. The average Bonchev–Trinajstić information content (AvgIpc) is 2.57. The Balaban J connectivity index is 2.38. The maximum atomic E-state index is 6.72. The summed E-state index contributed by atoms with van der Waals surface area (Å²) in [5.41, 5.74) is 3.33. The standard InChI is InChI=1S/C11H11N3/c1-12-6-5-9-3-4-11-10(7-9)13-8-14(11)2/h3-4,7-8H,5-6H2,2H3. The number of imidazole rings is 1. The molecule has 1 aromatic heterocycles. The van der Waals surface area contributed by atoms with Crippen LogP contribution < -0.4 is 0 Å². The minimum Gasteiger partial charge on any atom is -0.334 e. The third-order valence-corrected chi connectivity index (χ3v) is 2.30. The molecule has 0 amide bonds. The fourth-order valence-electron chi connectivity index (χ4n) is 1.52. The summed E-state index contributed by atoms with van der Waals surface area (Å²) in [5, 5.41) is 0. The molecule has 70 valence electrons. The number of hydrogen-bond donors (Lipinski definition) is 0. The number of rotatable bonds is 2. The van der Waals surface area contributed by atoms with Crippen molar-refractivity contribution in [3.05, 3.63) is 41.5 Å². The smallest absolute Gasteiger partial charge is 0.218 e. The minimum atomic E-state index is 0.554. The van der Waals surface area contributed by atoms with Crippen molar-refractivity contribution in [2.75, 3.05) is 6.54 Å². The quantitative estimate of drug-likeness (QED) is 0.656. The predicted octanol–water partition coefficient (Wildman–Crippen LogP) is 2.04. The first kappa shape index (κ1) is 8.76. The molecule has 0 aliphatic rings. The molecule has 3 nitrogen and oxygen atoms in total. The first-order valence-electron chi connectivity index (χ1n) is 4.54. The van der Waals surface area contributed by atoms with E-state index in [2.05, 4.69) is 28.0 Å². The third kappa shape index (κ3) is 1.47. The highest BCUT2D eigenvalue weighted by atomic mass is 15.0. The predicted molar refractivity (Wildman–Crippen MR) is 55.9 cm³/mol. The molecule has 2 rings (SSSR count). The van der Waals surface area contributed by atoms with Gasteiger partial charge in [-0.3, -0.25) is 0 Å². The van der Waals surface area contributed by atoms with Crippen molar-refractivity contribution in [1.29, 1.82) is 0 Å². The van der Waals surface area contributed by atoms with Crippen LogP contribution in [-0.4, -0.2) is 16.1 Å². The zero-order valence-corrected chi connectivity index (χ0v) is 8.07. The minimum absolute atomic E-state index is 0.554. The van der Waals surface area contributed by atoms with Gasteiger partial charge in [0.2, 0.25) is 6.54 Å². The lowest BCUT2D eigenvalue weighted by Gasteiger charge is -1.97. The fraction of sp³-hybridized carbons (Fsp3) is 0.273. The van der Waals surface area contributed by atoms with Crippen molar-refractivity contribution in [3.8, 4) is 0 Å². The van der Waals surface area contributed by atoms with Gasteiger partial charge in [0, 0.05) is 13.5 Å². The van der Waals surface area contributed by atoms with Gasteiger partial charge in [0.05, 0.1) is 17.4 Å². The number of aromatic nitrogens is 2. The molecule has 2 aromatic rings.